The molecule has 4 rings (SSSR count). The first-order valence-electron chi connectivity index (χ1n) is 9.50. The lowest BCUT2D eigenvalue weighted by atomic mass is 9.44. The Hall–Kier alpha value is -1.36. The van der Waals surface area contributed by atoms with E-state index in [1.807, 2.05) is 6.92 Å². The van der Waals surface area contributed by atoms with Crippen LogP contribution in [0.1, 0.15) is 59.3 Å². The molecule has 5 nitrogen and oxygen atoms in total. The molecular formula is C20H28O5. The molecule has 0 radical (unpaired) electrons. The van der Waals surface area contributed by atoms with Gasteiger partial charge in [0.2, 0.25) is 0 Å². The van der Waals surface area contributed by atoms with Gasteiger partial charge in [-0.1, -0.05) is 20.3 Å². The Morgan fingerprint density at radius 2 is 2.04 bits per heavy atom. The predicted molar refractivity (Wildman–Crippen MR) is 90.4 cm³/mol. The molecule has 1 N–H and O–H groups in total. The van der Waals surface area contributed by atoms with E-state index < -0.39 is 11.0 Å². The van der Waals surface area contributed by atoms with E-state index in [1.54, 1.807) is 6.08 Å². The Morgan fingerprint density at radius 1 is 1.28 bits per heavy atom. The number of esters is 2. The number of rotatable bonds is 3. The molecular weight excluding hydrogens is 320 g/mol. The number of carbonyl (C=O) groups excluding carboxylic acids is 2. The van der Waals surface area contributed by atoms with Gasteiger partial charge in [0, 0.05) is 17.4 Å². The van der Waals surface area contributed by atoms with Crippen LogP contribution in [0.5, 0.6) is 0 Å². The molecule has 3 fully saturated rings. The maximum absolute atomic E-state index is 12.6. The molecule has 2 aliphatic heterocycles. The summed E-state index contributed by atoms with van der Waals surface area (Å²) in [7, 11) is 0. The molecule has 2 saturated carbocycles. The Kier molecular flexibility index (Phi) is 3.63. The van der Waals surface area contributed by atoms with Crippen molar-refractivity contribution in [2.45, 2.75) is 71.0 Å². The van der Waals surface area contributed by atoms with E-state index in [1.165, 1.54) is 0 Å². The smallest absolute Gasteiger partial charge is 0.331 e. The molecule has 138 valence electrons. The standard InChI is InChI=1S/C20H28O5/c1-12-9-14-16-18(2,17(22)25-14)6-4-7-19(16,3)20(12,23)8-5-13-10-15(21)24-11-13/h10,12,14,16,23H,4-9,11H2,1-3H3/t12-,14-,16?,18+,19+,20-/m1/s1. The monoisotopic (exact) mass is 348 g/mol. The van der Waals surface area contributed by atoms with Crippen LogP contribution in [-0.4, -0.2) is 35.4 Å². The maximum Gasteiger partial charge on any atom is 0.331 e. The number of hydrogen-bond acceptors (Lipinski definition) is 5. The van der Waals surface area contributed by atoms with Gasteiger partial charge in [-0.25, -0.2) is 4.79 Å². The van der Waals surface area contributed by atoms with E-state index >= 15 is 0 Å². The summed E-state index contributed by atoms with van der Waals surface area (Å²) in [6, 6.07) is 0. The van der Waals surface area contributed by atoms with Gasteiger partial charge in [0.15, 0.2) is 0 Å². The molecule has 2 aliphatic carbocycles. The van der Waals surface area contributed by atoms with Gasteiger partial charge in [-0.15, -0.1) is 0 Å². The zero-order valence-corrected chi connectivity index (χ0v) is 15.3. The van der Waals surface area contributed by atoms with Crippen LogP contribution in [-0.2, 0) is 19.1 Å². The summed E-state index contributed by atoms with van der Waals surface area (Å²) in [4.78, 5) is 23.9. The number of hydrogen-bond donors (Lipinski definition) is 1. The maximum atomic E-state index is 12.6. The van der Waals surface area contributed by atoms with E-state index in [4.69, 9.17) is 9.47 Å². The lowest BCUT2D eigenvalue weighted by Gasteiger charge is -2.61. The number of cyclic esters (lactones) is 1. The summed E-state index contributed by atoms with van der Waals surface area (Å²) in [6.07, 6.45) is 6.14. The quantitative estimate of drug-likeness (QED) is 0.794. The van der Waals surface area contributed by atoms with Gasteiger partial charge in [-0.3, -0.25) is 4.79 Å². The molecule has 4 aliphatic rings. The molecule has 0 bridgehead atoms. The van der Waals surface area contributed by atoms with Crippen molar-refractivity contribution in [3.8, 4) is 0 Å². The van der Waals surface area contributed by atoms with Crippen LogP contribution in [0.2, 0.25) is 0 Å². The van der Waals surface area contributed by atoms with E-state index in [0.29, 0.717) is 25.9 Å². The molecule has 0 aromatic carbocycles. The molecule has 1 unspecified atom stereocenters. The summed E-state index contributed by atoms with van der Waals surface area (Å²) in [6.45, 7) is 6.60. The molecule has 25 heavy (non-hydrogen) atoms. The number of ether oxygens (including phenoxy) is 2. The molecule has 0 amide bonds. The average Bonchev–Trinajstić information content (AvgIpc) is 3.06. The Morgan fingerprint density at radius 3 is 2.72 bits per heavy atom. The summed E-state index contributed by atoms with van der Waals surface area (Å²) in [5.41, 5.74) is -0.736. The third-order valence-electron chi connectivity index (χ3n) is 7.80. The van der Waals surface area contributed by atoms with Gasteiger partial charge in [-0.2, -0.15) is 0 Å². The molecule has 6 atom stereocenters. The second kappa shape index (κ2) is 5.32. The highest BCUT2D eigenvalue weighted by atomic mass is 16.6. The van der Waals surface area contributed by atoms with Crippen LogP contribution in [0.4, 0.5) is 0 Å². The van der Waals surface area contributed by atoms with Crippen LogP contribution >= 0.6 is 0 Å². The highest BCUT2D eigenvalue weighted by Gasteiger charge is 2.70. The minimum absolute atomic E-state index is 0.0469. The molecule has 0 spiro atoms. The zero-order chi connectivity index (χ0) is 18.0. The van der Waals surface area contributed by atoms with Gasteiger partial charge in [0.25, 0.3) is 0 Å². The molecule has 0 aromatic heterocycles. The van der Waals surface area contributed by atoms with Gasteiger partial charge in [-0.05, 0) is 50.5 Å². The first-order valence-corrected chi connectivity index (χ1v) is 9.50. The second-order valence-electron chi connectivity index (χ2n) is 9.08. The fourth-order valence-electron chi connectivity index (χ4n) is 6.44. The fourth-order valence-corrected chi connectivity index (χ4v) is 6.44. The normalized spacial score (nSPS) is 48.6. The van der Waals surface area contributed by atoms with Crippen molar-refractivity contribution in [3.63, 3.8) is 0 Å². The van der Waals surface area contributed by atoms with Crippen LogP contribution in [0, 0.1) is 22.7 Å². The molecule has 0 aromatic rings. The first kappa shape index (κ1) is 17.1. The van der Waals surface area contributed by atoms with Crippen molar-refractivity contribution in [1.29, 1.82) is 0 Å². The predicted octanol–water partition coefficient (Wildman–Crippen LogP) is 2.76. The van der Waals surface area contributed by atoms with Crippen molar-refractivity contribution in [1.82, 2.24) is 0 Å². The van der Waals surface area contributed by atoms with Crippen molar-refractivity contribution < 1.29 is 24.2 Å². The minimum atomic E-state index is -0.865. The van der Waals surface area contributed by atoms with Crippen LogP contribution in [0.25, 0.3) is 0 Å². The van der Waals surface area contributed by atoms with E-state index in [2.05, 4.69) is 13.8 Å². The topological polar surface area (TPSA) is 72.8 Å². The third kappa shape index (κ3) is 2.17. The Balaban J connectivity index is 1.66. The number of carbonyl (C=O) groups is 2. The fraction of sp³-hybridized carbons (Fsp3) is 0.800. The van der Waals surface area contributed by atoms with Crippen molar-refractivity contribution in [2.24, 2.45) is 22.7 Å². The largest absolute Gasteiger partial charge is 0.462 e. The summed E-state index contributed by atoms with van der Waals surface area (Å²) in [5.74, 6) is -0.254. The summed E-state index contributed by atoms with van der Waals surface area (Å²) < 4.78 is 10.8. The first-order chi connectivity index (χ1) is 11.7. The molecule has 5 heteroatoms. The minimum Gasteiger partial charge on any atom is -0.462 e. The van der Waals surface area contributed by atoms with Gasteiger partial charge in [0.1, 0.15) is 12.7 Å². The number of aliphatic hydroxyl groups is 1. The van der Waals surface area contributed by atoms with Crippen molar-refractivity contribution >= 4 is 11.9 Å². The van der Waals surface area contributed by atoms with E-state index in [-0.39, 0.29) is 35.3 Å². The van der Waals surface area contributed by atoms with Crippen LogP contribution in [0.15, 0.2) is 11.6 Å². The highest BCUT2D eigenvalue weighted by molar-refractivity contribution is 5.85. The zero-order valence-electron chi connectivity index (χ0n) is 15.3. The summed E-state index contributed by atoms with van der Waals surface area (Å²) >= 11 is 0. The SMILES string of the molecule is C[C@@H]1C[C@H]2OC(=O)[C@@]3(C)CCC[C@@](C)(C23)[C@@]1(O)CCC1=CC(=O)OC1. The van der Waals surface area contributed by atoms with Gasteiger partial charge >= 0.3 is 11.9 Å². The molecule has 2 heterocycles. The third-order valence-corrected chi connectivity index (χ3v) is 7.80. The van der Waals surface area contributed by atoms with E-state index in [0.717, 1.165) is 24.8 Å². The highest BCUT2D eigenvalue weighted by Crippen LogP contribution is 2.67. The lowest BCUT2D eigenvalue weighted by Crippen LogP contribution is -2.65. The molecule has 1 saturated heterocycles. The van der Waals surface area contributed by atoms with E-state index in [9.17, 15) is 14.7 Å². The summed E-state index contributed by atoms with van der Waals surface area (Å²) in [5, 5.41) is 11.9. The van der Waals surface area contributed by atoms with Crippen LogP contribution < -0.4 is 0 Å². The Bertz CT molecular complexity index is 654. The van der Waals surface area contributed by atoms with Crippen molar-refractivity contribution in [2.75, 3.05) is 6.61 Å². The second-order valence-corrected chi connectivity index (χ2v) is 9.08. The van der Waals surface area contributed by atoms with Gasteiger partial charge in [0.05, 0.1) is 11.0 Å². The average molecular weight is 348 g/mol. The Labute approximate surface area is 148 Å². The van der Waals surface area contributed by atoms with Gasteiger partial charge < -0.3 is 14.6 Å². The van der Waals surface area contributed by atoms with Crippen molar-refractivity contribution in [3.05, 3.63) is 11.6 Å². The van der Waals surface area contributed by atoms with Crippen LogP contribution in [0.3, 0.4) is 0 Å². The lowest BCUT2D eigenvalue weighted by molar-refractivity contribution is -0.217.